The summed E-state index contributed by atoms with van der Waals surface area (Å²) in [7, 11) is 0. The zero-order valence-electron chi connectivity index (χ0n) is 19.1. The maximum absolute atomic E-state index is 12.4. The highest BCUT2D eigenvalue weighted by Gasteiger charge is 2.64. The van der Waals surface area contributed by atoms with Crippen LogP contribution in [0.2, 0.25) is 0 Å². The first-order chi connectivity index (χ1) is 14.6. The van der Waals surface area contributed by atoms with Crippen LogP contribution < -0.4 is 11.1 Å². The van der Waals surface area contributed by atoms with E-state index in [-0.39, 0.29) is 11.3 Å². The van der Waals surface area contributed by atoms with Crippen LogP contribution in [0.4, 0.5) is 0 Å². The summed E-state index contributed by atoms with van der Waals surface area (Å²) in [5, 5.41) is 11.7. The number of allylic oxidation sites excluding steroid dienone is 3. The maximum atomic E-state index is 12.4. The molecule has 2 heterocycles. The molecule has 174 valence electrons. The second kappa shape index (κ2) is 10.7. The number of hydrogen-bond acceptors (Lipinski definition) is 6. The summed E-state index contributed by atoms with van der Waals surface area (Å²) in [5.41, 5.74) is 6.83. The molecule has 1 aliphatic carbocycles. The van der Waals surface area contributed by atoms with Gasteiger partial charge in [0.05, 0.1) is 0 Å². The monoisotopic (exact) mass is 452 g/mol. The van der Waals surface area contributed by atoms with Crippen LogP contribution in [0.25, 0.3) is 0 Å². The summed E-state index contributed by atoms with van der Waals surface area (Å²) in [6.45, 7) is 13.7. The first-order valence-electron chi connectivity index (χ1n) is 10.9. The Morgan fingerprint density at radius 1 is 1.29 bits per heavy atom. The van der Waals surface area contributed by atoms with Crippen LogP contribution in [0.5, 0.6) is 0 Å². The summed E-state index contributed by atoms with van der Waals surface area (Å²) in [6, 6.07) is -2.38. The van der Waals surface area contributed by atoms with Gasteiger partial charge in [0.2, 0.25) is 11.8 Å². The molecular formula is C22H36N4O4S. The lowest BCUT2D eigenvalue weighted by Crippen LogP contribution is -2.71. The molecule has 0 aromatic rings. The van der Waals surface area contributed by atoms with E-state index in [0.717, 1.165) is 12.0 Å². The number of carbonyl (C=O) groups excluding carboxylic acids is 2. The van der Waals surface area contributed by atoms with E-state index in [4.69, 9.17) is 5.73 Å². The van der Waals surface area contributed by atoms with Gasteiger partial charge in [-0.3, -0.25) is 9.59 Å². The highest BCUT2D eigenvalue weighted by atomic mass is 32.2. The molecule has 0 aromatic heterocycles. The number of fused-ring (bicyclic) bond motifs is 1. The van der Waals surface area contributed by atoms with E-state index in [0.29, 0.717) is 6.42 Å². The Labute approximate surface area is 189 Å². The van der Waals surface area contributed by atoms with E-state index in [9.17, 15) is 19.5 Å². The molecule has 2 aliphatic heterocycles. The molecular weight excluding hydrogens is 416 g/mol. The molecule has 8 nitrogen and oxygen atoms in total. The normalized spacial score (nSPS) is 26.9. The summed E-state index contributed by atoms with van der Waals surface area (Å²) >= 11 is 1.40. The van der Waals surface area contributed by atoms with Gasteiger partial charge in [0.1, 0.15) is 23.5 Å². The van der Waals surface area contributed by atoms with E-state index in [1.165, 1.54) is 36.3 Å². The number of nitrogens with one attached hydrogen (secondary N) is 1. The van der Waals surface area contributed by atoms with Gasteiger partial charge in [-0.1, -0.05) is 39.0 Å². The van der Waals surface area contributed by atoms with Crippen LogP contribution in [0.3, 0.4) is 0 Å². The van der Waals surface area contributed by atoms with E-state index >= 15 is 0 Å². The van der Waals surface area contributed by atoms with E-state index in [2.05, 4.69) is 31.0 Å². The van der Waals surface area contributed by atoms with Crippen molar-refractivity contribution in [2.45, 2.75) is 75.7 Å². The van der Waals surface area contributed by atoms with E-state index in [1.807, 2.05) is 18.2 Å². The quantitative estimate of drug-likeness (QED) is 0.397. The molecule has 0 unspecified atom stereocenters. The highest BCUT2D eigenvalue weighted by Crippen LogP contribution is 2.50. The molecule has 4 atom stereocenters. The zero-order valence-corrected chi connectivity index (χ0v) is 19.9. The first-order valence-corrected chi connectivity index (χ1v) is 11.8. The topological polar surface area (TPSA) is 116 Å². The number of β-lactam (4-membered cyclic amide) rings is 1. The molecule has 2 saturated heterocycles. The average Bonchev–Trinajstić information content (AvgIpc) is 3.01. The van der Waals surface area contributed by atoms with Gasteiger partial charge in [-0.25, -0.2) is 4.79 Å². The van der Waals surface area contributed by atoms with Crippen LogP contribution in [0, 0.1) is 0 Å². The average molecular weight is 453 g/mol. The lowest BCUT2D eigenvalue weighted by molar-refractivity contribution is -0.161. The molecule has 2 fully saturated rings. The largest absolute Gasteiger partial charge is 0.480 e. The number of aliphatic carboxylic acids is 1. The van der Waals surface area contributed by atoms with Crippen LogP contribution in [-0.4, -0.2) is 80.6 Å². The molecule has 0 radical (unpaired) electrons. The van der Waals surface area contributed by atoms with Crippen molar-refractivity contribution in [2.75, 3.05) is 19.6 Å². The van der Waals surface area contributed by atoms with Crippen molar-refractivity contribution in [1.82, 2.24) is 15.1 Å². The third-order valence-corrected chi connectivity index (χ3v) is 7.60. The lowest BCUT2D eigenvalue weighted by Gasteiger charge is -2.43. The van der Waals surface area contributed by atoms with Crippen LogP contribution in [-0.2, 0) is 14.4 Å². The highest BCUT2D eigenvalue weighted by molar-refractivity contribution is 8.01. The van der Waals surface area contributed by atoms with Crippen LogP contribution in [0.1, 0.15) is 47.5 Å². The molecule has 0 bridgehead atoms. The Hall–Kier alpha value is -1.84. The number of carbonyl (C=O) groups is 3. The Morgan fingerprint density at radius 3 is 2.35 bits per heavy atom. The van der Waals surface area contributed by atoms with E-state index in [1.54, 1.807) is 13.8 Å². The Balaban J connectivity index is 0.000000423. The van der Waals surface area contributed by atoms with E-state index < -0.39 is 34.7 Å². The minimum Gasteiger partial charge on any atom is -0.480 e. The number of nitrogens with zero attached hydrogens (tertiary/aromatic N) is 2. The lowest BCUT2D eigenvalue weighted by atomic mass is 9.95. The van der Waals surface area contributed by atoms with Crippen molar-refractivity contribution in [2.24, 2.45) is 5.73 Å². The summed E-state index contributed by atoms with van der Waals surface area (Å²) in [4.78, 5) is 39.9. The smallest absolute Gasteiger partial charge is 0.327 e. The summed E-state index contributed by atoms with van der Waals surface area (Å²) in [6.07, 6.45) is 7.27. The number of rotatable bonds is 7. The fourth-order valence-corrected chi connectivity index (χ4v) is 5.73. The predicted octanol–water partition coefficient (Wildman–Crippen LogP) is 1.57. The number of amides is 2. The maximum Gasteiger partial charge on any atom is 0.327 e. The second-order valence-electron chi connectivity index (χ2n) is 8.37. The fourth-order valence-electron chi connectivity index (χ4n) is 4.10. The molecule has 4 N–H and O–H groups in total. The van der Waals surface area contributed by atoms with Gasteiger partial charge in [-0.2, -0.15) is 0 Å². The minimum absolute atomic E-state index is 0.356. The molecule has 0 spiro atoms. The van der Waals surface area contributed by atoms with Gasteiger partial charge < -0.3 is 26.0 Å². The Morgan fingerprint density at radius 2 is 1.90 bits per heavy atom. The fraction of sp³-hybridized carbons (Fsp3) is 0.682. The van der Waals surface area contributed by atoms with Crippen molar-refractivity contribution in [3.63, 3.8) is 0 Å². The SMILES string of the molecule is CC1(C)S[C@@H]2[C@H](NC(=O)[C@H](N)C3=CCC=CC3)C(=O)N2[C@H]1C(=O)O.CCN(CC)CC. The van der Waals surface area contributed by atoms with Gasteiger partial charge in [-0.05, 0) is 51.9 Å². The number of thioether (sulfide) groups is 1. The molecule has 31 heavy (non-hydrogen) atoms. The number of carboxylic acids is 1. The standard InChI is InChI=1S/C16H21N3O4S.C6H15N/c1-16(2)11(15(22)23)19-13(21)10(14(19)24-16)18-12(20)9(17)8-6-4-3-5-7-8;1-4-7(5-2)6-3/h3-4,7,9-11,14H,5-6,17H2,1-2H3,(H,18,20)(H,22,23);4-6H2,1-3H3/t9-,10-,11+,14-;/m1./s1. The van der Waals surface area contributed by atoms with Crippen molar-refractivity contribution < 1.29 is 19.5 Å². The molecule has 9 heteroatoms. The van der Waals surface area contributed by atoms with Crippen molar-refractivity contribution in [1.29, 1.82) is 0 Å². The van der Waals surface area contributed by atoms with Crippen molar-refractivity contribution in [3.05, 3.63) is 23.8 Å². The molecule has 3 rings (SSSR count). The molecule has 2 amide bonds. The first kappa shape index (κ1) is 25.4. The third kappa shape index (κ3) is 5.51. The van der Waals surface area contributed by atoms with Crippen molar-refractivity contribution in [3.8, 4) is 0 Å². The number of carboxylic acid groups (broad SMARTS) is 1. The molecule has 0 aromatic carbocycles. The van der Waals surface area contributed by atoms with Gasteiger partial charge >= 0.3 is 5.97 Å². The van der Waals surface area contributed by atoms with Gasteiger partial charge in [0.15, 0.2) is 0 Å². The van der Waals surface area contributed by atoms with Gasteiger partial charge in [-0.15, -0.1) is 11.8 Å². The minimum atomic E-state index is -1.02. The van der Waals surface area contributed by atoms with Crippen LogP contribution >= 0.6 is 11.8 Å². The molecule has 3 aliphatic rings. The second-order valence-corrected chi connectivity index (χ2v) is 10.1. The van der Waals surface area contributed by atoms with Crippen LogP contribution in [0.15, 0.2) is 23.8 Å². The summed E-state index contributed by atoms with van der Waals surface area (Å²) in [5.74, 6) is -1.78. The van der Waals surface area contributed by atoms with Gasteiger partial charge in [0.25, 0.3) is 0 Å². The third-order valence-electron chi connectivity index (χ3n) is 6.03. The number of nitrogens with two attached hydrogens (primary N) is 1. The molecule has 0 saturated carbocycles. The Bertz CT molecular complexity index is 742. The Kier molecular flexibility index (Phi) is 8.73. The number of hydrogen-bond donors (Lipinski definition) is 3. The van der Waals surface area contributed by atoms with Crippen molar-refractivity contribution >= 4 is 29.5 Å². The summed E-state index contributed by atoms with van der Waals surface area (Å²) < 4.78 is -0.607. The predicted molar refractivity (Wildman–Crippen MR) is 124 cm³/mol. The zero-order chi connectivity index (χ0) is 23.3. The van der Waals surface area contributed by atoms with Gasteiger partial charge in [0, 0.05) is 4.75 Å².